The number of hydrogen-bond donors (Lipinski definition) is 2. The van der Waals surface area contributed by atoms with Gasteiger partial charge in [-0.25, -0.2) is 8.42 Å². The van der Waals surface area contributed by atoms with Gasteiger partial charge in [0.15, 0.2) is 0 Å². The van der Waals surface area contributed by atoms with Gasteiger partial charge < -0.3 is 10.6 Å². The number of benzene rings is 4. The highest BCUT2D eigenvalue weighted by Crippen LogP contribution is 2.31. The Labute approximate surface area is 209 Å². The molecule has 0 bridgehead atoms. The van der Waals surface area contributed by atoms with Crippen molar-refractivity contribution in [3.8, 4) is 0 Å². The van der Waals surface area contributed by atoms with Gasteiger partial charge in [0, 0.05) is 24.8 Å². The van der Waals surface area contributed by atoms with Crippen LogP contribution in [0.15, 0.2) is 95.9 Å². The molecule has 1 aliphatic heterocycles. The van der Waals surface area contributed by atoms with Crippen LogP contribution in [0.4, 0.5) is 11.4 Å². The number of amides is 2. The third kappa shape index (κ3) is 4.73. The number of nitrogens with zero attached hydrogens (tertiary/aromatic N) is 1. The van der Waals surface area contributed by atoms with E-state index in [4.69, 9.17) is 0 Å². The molecule has 1 aliphatic rings. The molecular weight excluding hydrogens is 474 g/mol. The van der Waals surface area contributed by atoms with E-state index >= 15 is 0 Å². The summed E-state index contributed by atoms with van der Waals surface area (Å²) < 4.78 is 29.0. The zero-order valence-electron chi connectivity index (χ0n) is 19.6. The SMILES string of the molecule is CC(=O)Nc1ccc(NC(=O)C2Cc3ccccc3CN2S(=O)(=O)c2ccc3ccccc3c2)cc1. The highest BCUT2D eigenvalue weighted by Gasteiger charge is 2.39. The lowest BCUT2D eigenvalue weighted by Crippen LogP contribution is -2.50. The number of sulfonamides is 1. The molecule has 4 aromatic carbocycles. The fourth-order valence-corrected chi connectivity index (χ4v) is 6.11. The maximum Gasteiger partial charge on any atom is 0.244 e. The number of carbonyl (C=O) groups is 2. The van der Waals surface area contributed by atoms with E-state index in [9.17, 15) is 18.0 Å². The molecule has 0 saturated carbocycles. The second-order valence-corrected chi connectivity index (χ2v) is 10.7. The monoisotopic (exact) mass is 499 g/mol. The van der Waals surface area contributed by atoms with Crippen LogP contribution in [0.2, 0.25) is 0 Å². The summed E-state index contributed by atoms with van der Waals surface area (Å²) >= 11 is 0. The third-order valence-corrected chi connectivity index (χ3v) is 8.16. The van der Waals surface area contributed by atoms with Gasteiger partial charge in [-0.1, -0.05) is 54.6 Å². The van der Waals surface area contributed by atoms with Crippen LogP contribution in [0.5, 0.6) is 0 Å². The first-order valence-corrected chi connectivity index (χ1v) is 13.0. The summed E-state index contributed by atoms with van der Waals surface area (Å²) in [5.74, 6) is -0.608. The van der Waals surface area contributed by atoms with Crippen molar-refractivity contribution < 1.29 is 18.0 Å². The highest BCUT2D eigenvalue weighted by molar-refractivity contribution is 7.89. The normalized spacial score (nSPS) is 15.8. The molecule has 0 aliphatic carbocycles. The van der Waals surface area contributed by atoms with Crippen molar-refractivity contribution in [2.75, 3.05) is 10.6 Å². The van der Waals surface area contributed by atoms with Gasteiger partial charge in [0.2, 0.25) is 21.8 Å². The van der Waals surface area contributed by atoms with E-state index in [2.05, 4.69) is 10.6 Å². The van der Waals surface area contributed by atoms with E-state index in [1.807, 2.05) is 48.5 Å². The molecule has 4 aromatic rings. The van der Waals surface area contributed by atoms with Gasteiger partial charge in [-0.15, -0.1) is 0 Å². The number of anilines is 2. The minimum atomic E-state index is -3.98. The lowest BCUT2D eigenvalue weighted by atomic mass is 9.95. The van der Waals surface area contributed by atoms with Crippen LogP contribution in [0.3, 0.4) is 0 Å². The summed E-state index contributed by atoms with van der Waals surface area (Å²) in [6.45, 7) is 1.52. The Hall–Kier alpha value is -4.01. The van der Waals surface area contributed by atoms with Crippen LogP contribution < -0.4 is 10.6 Å². The van der Waals surface area contributed by atoms with Crippen LogP contribution >= 0.6 is 0 Å². The highest BCUT2D eigenvalue weighted by atomic mass is 32.2. The van der Waals surface area contributed by atoms with Crippen LogP contribution in [0.25, 0.3) is 10.8 Å². The predicted molar refractivity (Wildman–Crippen MR) is 140 cm³/mol. The first-order valence-electron chi connectivity index (χ1n) is 11.6. The molecule has 1 unspecified atom stereocenters. The third-order valence-electron chi connectivity index (χ3n) is 6.31. The number of carbonyl (C=O) groups excluding carboxylic acids is 2. The van der Waals surface area contributed by atoms with E-state index in [1.165, 1.54) is 11.2 Å². The van der Waals surface area contributed by atoms with Gasteiger partial charge in [0.05, 0.1) is 4.90 Å². The molecule has 0 fully saturated rings. The molecule has 182 valence electrons. The van der Waals surface area contributed by atoms with Gasteiger partial charge in [-0.05, 0) is 64.7 Å². The van der Waals surface area contributed by atoms with Crippen molar-refractivity contribution >= 4 is 44.0 Å². The van der Waals surface area contributed by atoms with Crippen LogP contribution in [-0.4, -0.2) is 30.6 Å². The van der Waals surface area contributed by atoms with Gasteiger partial charge in [-0.2, -0.15) is 4.31 Å². The Morgan fingerprint density at radius 2 is 1.39 bits per heavy atom. The summed E-state index contributed by atoms with van der Waals surface area (Å²) in [5, 5.41) is 7.28. The van der Waals surface area contributed by atoms with Crippen molar-refractivity contribution in [2.45, 2.75) is 30.8 Å². The zero-order valence-corrected chi connectivity index (χ0v) is 20.5. The van der Waals surface area contributed by atoms with Gasteiger partial charge >= 0.3 is 0 Å². The fourth-order valence-electron chi connectivity index (χ4n) is 4.50. The average molecular weight is 500 g/mol. The van der Waals surface area contributed by atoms with Crippen molar-refractivity contribution in [2.24, 2.45) is 0 Å². The topological polar surface area (TPSA) is 95.6 Å². The van der Waals surface area contributed by atoms with E-state index in [0.717, 1.165) is 21.9 Å². The number of nitrogens with one attached hydrogen (secondary N) is 2. The molecule has 1 atom stereocenters. The van der Waals surface area contributed by atoms with Crippen LogP contribution in [-0.2, 0) is 32.6 Å². The summed E-state index contributed by atoms with van der Waals surface area (Å²) in [6.07, 6.45) is 0.263. The first-order chi connectivity index (χ1) is 17.3. The van der Waals surface area contributed by atoms with Crippen LogP contribution in [0, 0.1) is 0 Å². The minimum absolute atomic E-state index is 0.102. The van der Waals surface area contributed by atoms with E-state index in [-0.39, 0.29) is 23.8 Å². The van der Waals surface area contributed by atoms with Crippen LogP contribution in [0.1, 0.15) is 18.1 Å². The molecule has 2 amide bonds. The van der Waals surface area contributed by atoms with E-state index in [0.29, 0.717) is 11.4 Å². The Morgan fingerprint density at radius 1 is 0.778 bits per heavy atom. The van der Waals surface area contributed by atoms with E-state index in [1.54, 1.807) is 42.5 Å². The number of hydrogen-bond acceptors (Lipinski definition) is 4. The minimum Gasteiger partial charge on any atom is -0.326 e. The second-order valence-electron chi connectivity index (χ2n) is 8.80. The molecule has 5 rings (SSSR count). The number of fused-ring (bicyclic) bond motifs is 2. The van der Waals surface area contributed by atoms with Crippen molar-refractivity contribution in [3.63, 3.8) is 0 Å². The molecule has 2 N–H and O–H groups in total. The molecule has 7 nitrogen and oxygen atoms in total. The standard InChI is InChI=1S/C28H25N3O4S/c1-19(32)29-24-11-13-25(14-12-24)30-28(33)27-17-22-8-4-5-9-23(22)18-31(27)36(34,35)26-15-10-20-6-2-3-7-21(20)16-26/h2-16,27H,17-18H2,1H3,(H,29,32)(H,30,33). The fraction of sp³-hybridized carbons (Fsp3) is 0.143. The molecule has 0 radical (unpaired) electrons. The summed E-state index contributed by atoms with van der Waals surface area (Å²) in [6, 6.07) is 25.9. The molecule has 8 heteroatoms. The molecule has 0 saturated heterocycles. The first kappa shape index (κ1) is 23.7. The maximum atomic E-state index is 13.9. The smallest absolute Gasteiger partial charge is 0.244 e. The molecule has 0 spiro atoms. The predicted octanol–water partition coefficient (Wildman–Crippen LogP) is 4.55. The van der Waals surface area contributed by atoms with Crippen molar-refractivity contribution in [1.29, 1.82) is 0 Å². The second kappa shape index (κ2) is 9.56. The van der Waals surface area contributed by atoms with Gasteiger partial charge in [-0.3, -0.25) is 9.59 Å². The maximum absolute atomic E-state index is 13.9. The lowest BCUT2D eigenvalue weighted by Gasteiger charge is -2.35. The summed E-state index contributed by atoms with van der Waals surface area (Å²) in [7, 11) is -3.98. The van der Waals surface area contributed by atoms with Gasteiger partial charge in [0.1, 0.15) is 6.04 Å². The Bertz CT molecular complexity index is 1570. The Balaban J connectivity index is 1.47. The quantitative estimate of drug-likeness (QED) is 0.421. The van der Waals surface area contributed by atoms with E-state index < -0.39 is 22.0 Å². The van der Waals surface area contributed by atoms with Crippen molar-refractivity contribution in [3.05, 3.63) is 102 Å². The Kier molecular flexibility index (Phi) is 6.30. The molecular formula is C28H25N3O4S. The van der Waals surface area contributed by atoms with Gasteiger partial charge in [0.25, 0.3) is 0 Å². The summed E-state index contributed by atoms with van der Waals surface area (Å²) in [4.78, 5) is 24.9. The zero-order chi connectivity index (χ0) is 25.3. The average Bonchev–Trinajstić information content (AvgIpc) is 2.88. The molecule has 1 heterocycles. The molecule has 0 aromatic heterocycles. The Morgan fingerprint density at radius 3 is 2.08 bits per heavy atom. The largest absolute Gasteiger partial charge is 0.326 e. The summed E-state index contributed by atoms with van der Waals surface area (Å²) in [5.41, 5.74) is 2.94. The number of rotatable bonds is 5. The molecule has 36 heavy (non-hydrogen) atoms. The van der Waals surface area contributed by atoms with Crippen molar-refractivity contribution in [1.82, 2.24) is 4.31 Å². The lowest BCUT2D eigenvalue weighted by molar-refractivity contribution is -0.120.